The van der Waals surface area contributed by atoms with Crippen molar-refractivity contribution in [3.05, 3.63) is 29.3 Å². The van der Waals surface area contributed by atoms with Crippen molar-refractivity contribution in [1.29, 1.82) is 0 Å². The van der Waals surface area contributed by atoms with Gasteiger partial charge in [0.1, 0.15) is 11.6 Å². The maximum absolute atomic E-state index is 13.5. The number of anilines is 1. The molecule has 0 fully saturated rings. The van der Waals surface area contributed by atoms with Gasteiger partial charge >= 0.3 is 0 Å². The van der Waals surface area contributed by atoms with Gasteiger partial charge in [0.2, 0.25) is 0 Å². The molecular formula is C13H18F2N2O2. The third-order valence-electron chi connectivity index (χ3n) is 2.64. The molecule has 0 heterocycles. The highest BCUT2D eigenvalue weighted by Gasteiger charge is 2.18. The molecular weight excluding hydrogens is 254 g/mol. The first-order valence-corrected chi connectivity index (χ1v) is 6.01. The lowest BCUT2D eigenvalue weighted by molar-refractivity contribution is 0.0904. The van der Waals surface area contributed by atoms with Gasteiger partial charge in [0, 0.05) is 6.07 Å². The van der Waals surface area contributed by atoms with Crippen molar-refractivity contribution in [2.45, 2.75) is 26.3 Å². The minimum absolute atomic E-state index is 0.248. The van der Waals surface area contributed by atoms with Crippen LogP contribution in [0.25, 0.3) is 0 Å². The molecule has 1 unspecified atom stereocenters. The van der Waals surface area contributed by atoms with Crippen molar-refractivity contribution >= 4 is 11.6 Å². The molecule has 1 aromatic rings. The van der Waals surface area contributed by atoms with Crippen molar-refractivity contribution in [1.82, 2.24) is 5.32 Å². The molecule has 4 N–H and O–H groups in total. The van der Waals surface area contributed by atoms with Gasteiger partial charge in [-0.2, -0.15) is 0 Å². The van der Waals surface area contributed by atoms with Crippen LogP contribution in [-0.4, -0.2) is 23.7 Å². The fourth-order valence-corrected chi connectivity index (χ4v) is 1.75. The van der Waals surface area contributed by atoms with Gasteiger partial charge in [-0.1, -0.05) is 13.8 Å². The number of carbonyl (C=O) groups is 1. The Balaban J connectivity index is 2.85. The second-order valence-corrected chi connectivity index (χ2v) is 4.84. The van der Waals surface area contributed by atoms with Gasteiger partial charge in [0.15, 0.2) is 0 Å². The van der Waals surface area contributed by atoms with E-state index in [2.05, 4.69) is 5.32 Å². The van der Waals surface area contributed by atoms with Crippen LogP contribution in [0.15, 0.2) is 12.1 Å². The minimum Gasteiger partial charge on any atom is -0.396 e. The Morgan fingerprint density at radius 1 is 1.37 bits per heavy atom. The SMILES string of the molecule is CC(C)CC(CO)NC(=O)c1cc(N)c(F)cc1F. The van der Waals surface area contributed by atoms with Crippen LogP contribution >= 0.6 is 0 Å². The van der Waals surface area contributed by atoms with E-state index in [9.17, 15) is 13.6 Å². The van der Waals surface area contributed by atoms with Gasteiger partial charge < -0.3 is 16.2 Å². The molecule has 1 amide bonds. The fourth-order valence-electron chi connectivity index (χ4n) is 1.75. The van der Waals surface area contributed by atoms with Crippen LogP contribution in [0, 0.1) is 17.6 Å². The number of aliphatic hydroxyl groups is 1. The van der Waals surface area contributed by atoms with E-state index in [-0.39, 0.29) is 23.8 Å². The first kappa shape index (κ1) is 15.4. The third kappa shape index (κ3) is 4.17. The molecule has 0 radical (unpaired) electrons. The molecule has 0 aliphatic heterocycles. The Hall–Kier alpha value is -1.69. The van der Waals surface area contributed by atoms with Gasteiger partial charge in [-0.15, -0.1) is 0 Å². The largest absolute Gasteiger partial charge is 0.396 e. The second-order valence-electron chi connectivity index (χ2n) is 4.84. The standard InChI is InChI=1S/C13H18F2N2O2/c1-7(2)3-8(6-18)17-13(19)9-4-12(16)11(15)5-10(9)14/h4-5,7-8,18H,3,6,16H2,1-2H3,(H,17,19). The van der Waals surface area contributed by atoms with Crippen LogP contribution in [0.2, 0.25) is 0 Å². The predicted octanol–water partition coefficient (Wildman–Crippen LogP) is 1.68. The molecule has 19 heavy (non-hydrogen) atoms. The highest BCUT2D eigenvalue weighted by Crippen LogP contribution is 2.17. The van der Waals surface area contributed by atoms with Crippen molar-refractivity contribution < 1.29 is 18.7 Å². The summed E-state index contributed by atoms with van der Waals surface area (Å²) in [7, 11) is 0. The van der Waals surface area contributed by atoms with Crippen LogP contribution < -0.4 is 11.1 Å². The van der Waals surface area contributed by atoms with E-state index in [1.54, 1.807) is 0 Å². The summed E-state index contributed by atoms with van der Waals surface area (Å²) in [5.41, 5.74) is 4.67. The molecule has 0 aliphatic rings. The predicted molar refractivity (Wildman–Crippen MR) is 68.6 cm³/mol. The van der Waals surface area contributed by atoms with E-state index in [1.165, 1.54) is 0 Å². The molecule has 106 valence electrons. The number of halogens is 2. The number of nitrogens with one attached hydrogen (secondary N) is 1. The van der Waals surface area contributed by atoms with Crippen LogP contribution in [0.3, 0.4) is 0 Å². The normalized spacial score (nSPS) is 12.5. The van der Waals surface area contributed by atoms with Crippen LogP contribution in [0.5, 0.6) is 0 Å². The summed E-state index contributed by atoms with van der Waals surface area (Å²) < 4.78 is 26.5. The van der Waals surface area contributed by atoms with Gasteiger partial charge in [-0.25, -0.2) is 8.78 Å². The number of aliphatic hydroxyl groups excluding tert-OH is 1. The Bertz CT molecular complexity index is 464. The number of nitrogens with two attached hydrogens (primary N) is 1. The van der Waals surface area contributed by atoms with Gasteiger partial charge in [-0.3, -0.25) is 4.79 Å². The average molecular weight is 272 g/mol. The lowest BCUT2D eigenvalue weighted by atomic mass is 10.0. The third-order valence-corrected chi connectivity index (χ3v) is 2.64. The molecule has 1 aromatic carbocycles. The molecule has 0 saturated heterocycles. The van der Waals surface area contributed by atoms with E-state index in [4.69, 9.17) is 10.8 Å². The summed E-state index contributed by atoms with van der Waals surface area (Å²) in [4.78, 5) is 11.8. The molecule has 0 spiro atoms. The highest BCUT2D eigenvalue weighted by atomic mass is 19.1. The maximum Gasteiger partial charge on any atom is 0.254 e. The van der Waals surface area contributed by atoms with Crippen molar-refractivity contribution in [3.8, 4) is 0 Å². The number of hydrogen-bond acceptors (Lipinski definition) is 3. The summed E-state index contributed by atoms with van der Waals surface area (Å²) in [6, 6.07) is 1.04. The van der Waals surface area contributed by atoms with Gasteiger partial charge in [0.05, 0.1) is 23.9 Å². The smallest absolute Gasteiger partial charge is 0.254 e. The van der Waals surface area contributed by atoms with Crippen LogP contribution in [0.1, 0.15) is 30.6 Å². The van der Waals surface area contributed by atoms with Crippen molar-refractivity contribution in [2.75, 3.05) is 12.3 Å². The van der Waals surface area contributed by atoms with Crippen LogP contribution in [-0.2, 0) is 0 Å². The Labute approximate surface area is 110 Å². The van der Waals surface area contributed by atoms with Crippen molar-refractivity contribution in [2.24, 2.45) is 5.92 Å². The van der Waals surface area contributed by atoms with E-state index in [0.717, 1.165) is 6.07 Å². The zero-order valence-electron chi connectivity index (χ0n) is 10.9. The number of hydrogen-bond donors (Lipinski definition) is 3. The Kier molecular flexibility index (Phi) is 5.23. The summed E-state index contributed by atoms with van der Waals surface area (Å²) in [6.45, 7) is 3.62. The van der Waals surface area contributed by atoms with Gasteiger partial charge in [-0.05, 0) is 18.4 Å². The summed E-state index contributed by atoms with van der Waals surface area (Å²) >= 11 is 0. The highest BCUT2D eigenvalue weighted by molar-refractivity contribution is 5.95. The topological polar surface area (TPSA) is 75.3 Å². The summed E-state index contributed by atoms with van der Waals surface area (Å²) in [5, 5.41) is 11.6. The zero-order chi connectivity index (χ0) is 14.6. The van der Waals surface area contributed by atoms with Crippen LogP contribution in [0.4, 0.5) is 14.5 Å². The minimum atomic E-state index is -0.981. The zero-order valence-corrected chi connectivity index (χ0v) is 10.9. The van der Waals surface area contributed by atoms with E-state index < -0.39 is 23.6 Å². The molecule has 4 nitrogen and oxygen atoms in total. The molecule has 0 aromatic heterocycles. The molecule has 6 heteroatoms. The molecule has 1 atom stereocenters. The quantitative estimate of drug-likeness (QED) is 0.714. The molecule has 0 saturated carbocycles. The summed E-state index contributed by atoms with van der Waals surface area (Å²) in [5.74, 6) is -2.34. The number of rotatable bonds is 5. The fraction of sp³-hybridized carbons (Fsp3) is 0.462. The van der Waals surface area contributed by atoms with Crippen molar-refractivity contribution in [3.63, 3.8) is 0 Å². The average Bonchev–Trinajstić information content (AvgIpc) is 2.32. The molecule has 1 rings (SSSR count). The second kappa shape index (κ2) is 6.47. The lowest BCUT2D eigenvalue weighted by Crippen LogP contribution is -2.38. The first-order valence-electron chi connectivity index (χ1n) is 6.01. The first-order chi connectivity index (χ1) is 8.85. The Morgan fingerprint density at radius 3 is 2.53 bits per heavy atom. The maximum atomic E-state index is 13.5. The van der Waals surface area contributed by atoms with E-state index in [0.29, 0.717) is 12.5 Å². The number of amides is 1. The van der Waals surface area contributed by atoms with E-state index >= 15 is 0 Å². The number of benzene rings is 1. The Morgan fingerprint density at radius 2 is 2.00 bits per heavy atom. The summed E-state index contributed by atoms with van der Waals surface area (Å²) in [6.07, 6.45) is 0.556. The van der Waals surface area contributed by atoms with E-state index in [1.807, 2.05) is 13.8 Å². The lowest BCUT2D eigenvalue weighted by Gasteiger charge is -2.18. The number of carbonyl (C=O) groups excluding carboxylic acids is 1. The molecule has 0 aliphatic carbocycles. The molecule has 0 bridgehead atoms. The van der Waals surface area contributed by atoms with Gasteiger partial charge in [0.25, 0.3) is 5.91 Å². The number of nitrogen functional groups attached to an aromatic ring is 1. The monoisotopic (exact) mass is 272 g/mol.